The Morgan fingerprint density at radius 2 is 2.19 bits per heavy atom. The highest BCUT2D eigenvalue weighted by molar-refractivity contribution is 8.13. The summed E-state index contributed by atoms with van der Waals surface area (Å²) in [5, 5.41) is 0.724. The molecule has 21 heavy (non-hydrogen) atoms. The molecule has 1 aromatic heterocycles. The Kier molecular flexibility index (Phi) is 7.17. The van der Waals surface area contributed by atoms with Crippen LogP contribution in [-0.2, 0) is 9.53 Å². The number of carbonyl (C=O) groups excluding carboxylic acids is 1. The summed E-state index contributed by atoms with van der Waals surface area (Å²) in [7, 11) is 0. The zero-order chi connectivity index (χ0) is 15.8. The van der Waals surface area contributed by atoms with Gasteiger partial charge in [-0.3, -0.25) is 14.6 Å². The van der Waals surface area contributed by atoms with E-state index in [1.54, 1.807) is 13.8 Å². The lowest BCUT2D eigenvalue weighted by Crippen LogP contribution is -2.13. The van der Waals surface area contributed by atoms with Gasteiger partial charge in [0.05, 0.1) is 11.7 Å². The van der Waals surface area contributed by atoms with Gasteiger partial charge in [0, 0.05) is 6.42 Å². The van der Waals surface area contributed by atoms with Crippen LogP contribution in [0.1, 0.15) is 26.7 Å². The molecular weight excluding hydrogens is 312 g/mol. The fourth-order valence-electron chi connectivity index (χ4n) is 1.43. The van der Waals surface area contributed by atoms with Gasteiger partial charge in [-0.1, -0.05) is 0 Å². The van der Waals surface area contributed by atoms with Gasteiger partial charge in [0.2, 0.25) is 0 Å². The molecule has 0 aliphatic heterocycles. The Morgan fingerprint density at radius 3 is 2.86 bits per heavy atom. The van der Waals surface area contributed by atoms with Gasteiger partial charge >= 0.3 is 5.97 Å². The molecule has 0 saturated heterocycles. The number of esters is 1. The third-order valence-corrected chi connectivity index (χ3v) is 3.58. The first-order valence-electron chi connectivity index (χ1n) is 6.39. The maximum absolute atomic E-state index is 11.4. The lowest BCUT2D eigenvalue weighted by molar-refractivity contribution is -0.143. The number of aliphatic imine (C=N–C) groups is 1. The summed E-state index contributed by atoms with van der Waals surface area (Å²) in [6.07, 6.45) is 1.07. The van der Waals surface area contributed by atoms with E-state index in [9.17, 15) is 9.59 Å². The maximum atomic E-state index is 11.4. The van der Waals surface area contributed by atoms with Crippen molar-refractivity contribution in [1.29, 1.82) is 0 Å². The highest BCUT2D eigenvalue weighted by atomic mass is 32.2. The van der Waals surface area contributed by atoms with E-state index in [1.165, 1.54) is 11.8 Å². The molecule has 1 rings (SSSR count). The van der Waals surface area contributed by atoms with E-state index in [2.05, 4.69) is 15.0 Å². The predicted octanol–water partition coefficient (Wildman–Crippen LogP) is 2.14. The molecule has 0 aromatic carbocycles. The summed E-state index contributed by atoms with van der Waals surface area (Å²) < 4.78 is 5.01. The molecule has 0 fully saturated rings. The summed E-state index contributed by atoms with van der Waals surface area (Å²) in [5.74, 6) is 0.771. The van der Waals surface area contributed by atoms with Crippen molar-refractivity contribution in [3.8, 4) is 0 Å². The van der Waals surface area contributed by atoms with Crippen LogP contribution in [0.3, 0.4) is 0 Å². The molecule has 0 radical (unpaired) electrons. The molecule has 0 amide bonds. The highest BCUT2D eigenvalue weighted by Gasteiger charge is 2.05. The molecule has 116 valence electrons. The second-order valence-corrected chi connectivity index (χ2v) is 5.75. The molecular formula is C12H18N4O3S2. The van der Waals surface area contributed by atoms with Crippen molar-refractivity contribution in [1.82, 2.24) is 9.97 Å². The molecule has 0 unspecified atom stereocenters. The van der Waals surface area contributed by atoms with Crippen molar-refractivity contribution in [2.24, 2.45) is 4.99 Å². The number of aromatic nitrogens is 2. The number of H-pyrrole nitrogens is 2. The molecule has 1 heterocycles. The predicted molar refractivity (Wildman–Crippen MR) is 87.8 cm³/mol. The molecule has 0 saturated carbocycles. The van der Waals surface area contributed by atoms with E-state index in [-0.39, 0.29) is 22.2 Å². The minimum absolute atomic E-state index is 0.00456. The van der Waals surface area contributed by atoms with Gasteiger partial charge < -0.3 is 15.5 Å². The van der Waals surface area contributed by atoms with Crippen molar-refractivity contribution in [2.75, 3.05) is 18.1 Å². The van der Waals surface area contributed by atoms with Gasteiger partial charge in [0.15, 0.2) is 10.6 Å². The Labute approximate surface area is 131 Å². The van der Waals surface area contributed by atoms with Crippen LogP contribution < -0.4 is 11.3 Å². The third-order valence-electron chi connectivity index (χ3n) is 2.37. The molecule has 0 aliphatic rings. The second kappa shape index (κ2) is 8.63. The zero-order valence-corrected chi connectivity index (χ0v) is 13.5. The molecule has 1 aromatic rings. The second-order valence-electron chi connectivity index (χ2n) is 4.06. The van der Waals surface area contributed by atoms with E-state index in [1.807, 2.05) is 0 Å². The number of nitrogens with two attached hydrogens (primary N) is 1. The quantitative estimate of drug-likeness (QED) is 0.242. The number of thioether (sulfide) groups is 1. The number of rotatable bonds is 6. The van der Waals surface area contributed by atoms with Gasteiger partial charge in [-0.15, -0.1) is 11.8 Å². The lowest BCUT2D eigenvalue weighted by atomic mass is 10.3. The third kappa shape index (κ3) is 6.13. The summed E-state index contributed by atoms with van der Waals surface area (Å²) in [5.41, 5.74) is 5.16. The first-order chi connectivity index (χ1) is 9.93. The topological polar surface area (TPSA) is 113 Å². The van der Waals surface area contributed by atoms with Crippen molar-refractivity contribution in [3.05, 3.63) is 15.1 Å². The number of nitrogens with one attached hydrogen (secondary N) is 2. The first kappa shape index (κ1) is 17.4. The van der Waals surface area contributed by atoms with Crippen LogP contribution in [0.2, 0.25) is 0 Å². The van der Waals surface area contributed by atoms with E-state index in [4.69, 9.17) is 22.7 Å². The van der Waals surface area contributed by atoms with Crippen LogP contribution in [0, 0.1) is 4.77 Å². The molecule has 0 aliphatic carbocycles. The number of hydrogen-bond acceptors (Lipinski definition) is 7. The summed E-state index contributed by atoms with van der Waals surface area (Å²) >= 11 is 6.34. The van der Waals surface area contributed by atoms with Crippen molar-refractivity contribution in [3.63, 3.8) is 0 Å². The van der Waals surface area contributed by atoms with Crippen molar-refractivity contribution >= 4 is 46.5 Å². The minimum atomic E-state index is -0.461. The number of carbonyl (C=O) groups is 1. The average Bonchev–Trinajstić information content (AvgIpc) is 2.41. The standard InChI is InChI=1S/C12H18N4O3S2/c1-3-19-8(17)5-4-6-21-7(2)14-10-9(13)11(18)16-12(20)15-10/h3-6,13H2,1-2H3,(H2,15,16,18,20). The minimum Gasteiger partial charge on any atom is -0.466 e. The molecule has 0 spiro atoms. The van der Waals surface area contributed by atoms with Crippen LogP contribution in [0.15, 0.2) is 9.79 Å². The molecule has 0 atom stereocenters. The van der Waals surface area contributed by atoms with Crippen LogP contribution in [-0.4, -0.2) is 33.3 Å². The maximum Gasteiger partial charge on any atom is 0.305 e. The average molecular weight is 330 g/mol. The van der Waals surface area contributed by atoms with E-state index in [0.717, 1.165) is 10.8 Å². The summed E-state index contributed by atoms with van der Waals surface area (Å²) in [4.78, 5) is 32.0. The van der Waals surface area contributed by atoms with Gasteiger partial charge in [-0.25, -0.2) is 4.99 Å². The number of anilines is 1. The normalized spacial score (nSPS) is 11.4. The molecule has 0 bridgehead atoms. The van der Waals surface area contributed by atoms with Gasteiger partial charge in [-0.05, 0) is 38.2 Å². The summed E-state index contributed by atoms with van der Waals surface area (Å²) in [6, 6.07) is 0. The highest BCUT2D eigenvalue weighted by Crippen LogP contribution is 2.17. The number of ether oxygens (including phenoxy) is 1. The van der Waals surface area contributed by atoms with E-state index in [0.29, 0.717) is 19.4 Å². The molecule has 9 heteroatoms. The monoisotopic (exact) mass is 330 g/mol. The number of nitrogens with zero attached hydrogens (tertiary/aromatic N) is 1. The SMILES string of the molecule is CCOC(=O)CCCSC(C)=Nc1[nH]c(=S)[nH]c(=O)c1N. The van der Waals surface area contributed by atoms with E-state index >= 15 is 0 Å². The van der Waals surface area contributed by atoms with Crippen LogP contribution in [0.25, 0.3) is 0 Å². The Bertz CT molecular complexity index is 636. The van der Waals surface area contributed by atoms with Crippen LogP contribution >= 0.6 is 24.0 Å². The lowest BCUT2D eigenvalue weighted by Gasteiger charge is -2.03. The van der Waals surface area contributed by atoms with Gasteiger partial charge in [0.1, 0.15) is 5.69 Å². The number of hydrogen-bond donors (Lipinski definition) is 3. The van der Waals surface area contributed by atoms with Gasteiger partial charge in [-0.2, -0.15) is 0 Å². The van der Waals surface area contributed by atoms with Gasteiger partial charge in [0.25, 0.3) is 5.56 Å². The Hall–Kier alpha value is -1.61. The smallest absolute Gasteiger partial charge is 0.305 e. The van der Waals surface area contributed by atoms with E-state index < -0.39 is 5.56 Å². The number of aromatic amines is 2. The Balaban J connectivity index is 2.56. The van der Waals surface area contributed by atoms with Crippen molar-refractivity contribution in [2.45, 2.75) is 26.7 Å². The van der Waals surface area contributed by atoms with Crippen LogP contribution in [0.4, 0.5) is 11.5 Å². The van der Waals surface area contributed by atoms with Crippen molar-refractivity contribution < 1.29 is 9.53 Å². The Morgan fingerprint density at radius 1 is 1.48 bits per heavy atom. The van der Waals surface area contributed by atoms with Crippen LogP contribution in [0.5, 0.6) is 0 Å². The summed E-state index contributed by atoms with van der Waals surface area (Å²) in [6.45, 7) is 3.97. The zero-order valence-electron chi connectivity index (χ0n) is 11.9. The fraction of sp³-hybridized carbons (Fsp3) is 0.500. The first-order valence-corrected chi connectivity index (χ1v) is 7.79. The molecule has 7 nitrogen and oxygen atoms in total. The largest absolute Gasteiger partial charge is 0.466 e. The molecule has 4 N–H and O–H groups in total. The number of nitrogen functional groups attached to an aromatic ring is 1. The fourth-order valence-corrected chi connectivity index (χ4v) is 2.36.